The fourth-order valence-electron chi connectivity index (χ4n) is 5.91. The molecule has 1 aliphatic heterocycles. The summed E-state index contributed by atoms with van der Waals surface area (Å²) in [6.07, 6.45) is 1.69. The molecule has 0 bridgehead atoms. The number of hydrogen-bond donors (Lipinski definition) is 1. The Bertz CT molecular complexity index is 1930. The Hall–Kier alpha value is -4.43. The van der Waals surface area contributed by atoms with E-state index in [4.69, 9.17) is 42.4 Å². The zero-order valence-corrected chi connectivity index (χ0v) is 28.8. The number of halogens is 2. The van der Waals surface area contributed by atoms with Gasteiger partial charge in [0.25, 0.3) is 11.5 Å². The molecule has 0 spiro atoms. The second-order valence-electron chi connectivity index (χ2n) is 10.8. The van der Waals surface area contributed by atoms with Crippen molar-refractivity contribution >= 4 is 51.4 Å². The van der Waals surface area contributed by atoms with Crippen molar-refractivity contribution in [2.24, 2.45) is 0 Å². The number of rotatable bonds is 9. The van der Waals surface area contributed by atoms with E-state index < -0.39 is 5.91 Å². The van der Waals surface area contributed by atoms with Gasteiger partial charge in [-0.15, -0.1) is 0 Å². The number of piperazine rings is 1. The molecule has 4 aromatic rings. The van der Waals surface area contributed by atoms with Crippen molar-refractivity contribution < 1.29 is 19.0 Å². The number of nitrogens with one attached hydrogen (secondary N) is 1. The average Bonchev–Trinajstić information content (AvgIpc) is 3.08. The van der Waals surface area contributed by atoms with E-state index in [1.807, 2.05) is 25.1 Å². The summed E-state index contributed by atoms with van der Waals surface area (Å²) < 4.78 is 18.4. The van der Waals surface area contributed by atoms with Crippen LogP contribution in [0.4, 0.5) is 11.4 Å². The Balaban J connectivity index is 1.68. The molecule has 12 heteroatoms. The molecule has 0 radical (unpaired) electrons. The maximum atomic E-state index is 14.0. The standard InChI is InChI=1S/C35H37Cl2N5O5/c1-7-10-31(43)39-25-16-22(28(45-4)18-27(25)41-13-11-40(8-2)12-14-41)24-17-26-21(20-38-24)15-23(35(44)42(26)9-3)32-33(36)29(46-5)19-30(47-6)34(32)37/h15-20H,8-9,11-14H2,1-6H3,(H,39,43). The first-order chi connectivity index (χ1) is 22.7. The highest BCUT2D eigenvalue weighted by atomic mass is 35.5. The van der Waals surface area contributed by atoms with Gasteiger partial charge < -0.3 is 33.9 Å². The molecule has 1 amide bonds. The summed E-state index contributed by atoms with van der Waals surface area (Å²) in [6, 6.07) is 8.92. The third-order valence-corrected chi connectivity index (χ3v) is 9.13. The SMILES string of the molecule is CC#CC(=O)Nc1cc(-c2cc3c(cn2)cc(-c2c(Cl)c(OC)cc(OC)c2Cl)c(=O)n3CC)c(OC)cc1N1CCN(CC)CC1. The molecule has 0 aliphatic carbocycles. The quantitative estimate of drug-likeness (QED) is 0.210. The molecule has 246 valence electrons. The van der Waals surface area contributed by atoms with Crippen molar-refractivity contribution in [1.29, 1.82) is 0 Å². The van der Waals surface area contributed by atoms with Crippen LogP contribution in [0.15, 0.2) is 41.3 Å². The number of methoxy groups -OCH3 is 3. The first kappa shape index (κ1) is 33.9. The largest absolute Gasteiger partial charge is 0.496 e. The first-order valence-corrected chi connectivity index (χ1v) is 16.0. The van der Waals surface area contributed by atoms with E-state index in [1.54, 1.807) is 36.9 Å². The number of pyridine rings is 2. The molecular weight excluding hydrogens is 641 g/mol. The fraction of sp³-hybridized carbons (Fsp3) is 0.343. The van der Waals surface area contributed by atoms with Crippen LogP contribution in [0.1, 0.15) is 20.8 Å². The molecule has 0 atom stereocenters. The van der Waals surface area contributed by atoms with Gasteiger partial charge in [0, 0.05) is 67.6 Å². The first-order valence-electron chi connectivity index (χ1n) is 15.3. The van der Waals surface area contributed by atoms with Crippen molar-refractivity contribution in [3.63, 3.8) is 0 Å². The lowest BCUT2D eigenvalue weighted by Crippen LogP contribution is -2.46. The number of benzene rings is 2. The van der Waals surface area contributed by atoms with Crippen LogP contribution in [0.3, 0.4) is 0 Å². The van der Waals surface area contributed by atoms with Crippen LogP contribution < -0.4 is 30.0 Å². The van der Waals surface area contributed by atoms with Crippen LogP contribution in [0.2, 0.25) is 10.0 Å². The minimum Gasteiger partial charge on any atom is -0.496 e. The molecular formula is C35H37Cl2N5O5. The van der Waals surface area contributed by atoms with Crippen molar-refractivity contribution in [2.45, 2.75) is 27.3 Å². The van der Waals surface area contributed by atoms with Crippen LogP contribution in [-0.4, -0.2) is 74.4 Å². The molecule has 2 aromatic heterocycles. The number of carbonyl (C=O) groups is 1. The van der Waals surface area contributed by atoms with E-state index in [0.29, 0.717) is 57.2 Å². The number of ether oxygens (including phenoxy) is 3. The van der Waals surface area contributed by atoms with Crippen LogP contribution in [-0.2, 0) is 11.3 Å². The summed E-state index contributed by atoms with van der Waals surface area (Å²) in [5.41, 5.74) is 3.60. The predicted molar refractivity (Wildman–Crippen MR) is 189 cm³/mol. The Labute approximate surface area is 284 Å². The molecule has 5 rings (SSSR count). The van der Waals surface area contributed by atoms with Crippen LogP contribution in [0.25, 0.3) is 33.3 Å². The molecule has 0 saturated carbocycles. The number of aryl methyl sites for hydroxylation is 1. The zero-order valence-electron chi connectivity index (χ0n) is 27.3. The summed E-state index contributed by atoms with van der Waals surface area (Å²) in [4.78, 5) is 36.1. The topological polar surface area (TPSA) is 98.2 Å². The zero-order chi connectivity index (χ0) is 33.8. The Kier molecular flexibility index (Phi) is 10.5. The highest BCUT2D eigenvalue weighted by Gasteiger charge is 2.25. The monoisotopic (exact) mass is 677 g/mol. The van der Waals surface area contributed by atoms with Gasteiger partial charge in [-0.2, -0.15) is 0 Å². The molecule has 3 heterocycles. The van der Waals surface area contributed by atoms with Crippen LogP contribution >= 0.6 is 23.2 Å². The number of nitrogens with zero attached hydrogens (tertiary/aromatic N) is 4. The van der Waals surface area contributed by atoms with Crippen molar-refractivity contribution in [1.82, 2.24) is 14.5 Å². The maximum Gasteiger partial charge on any atom is 0.300 e. The summed E-state index contributed by atoms with van der Waals surface area (Å²) >= 11 is 13.4. The molecule has 47 heavy (non-hydrogen) atoms. The molecule has 1 aliphatic rings. The van der Waals surface area contributed by atoms with E-state index >= 15 is 0 Å². The summed E-state index contributed by atoms with van der Waals surface area (Å²) in [5.74, 6) is 6.05. The summed E-state index contributed by atoms with van der Waals surface area (Å²) in [7, 11) is 4.56. The molecule has 1 N–H and O–H groups in total. The van der Waals surface area contributed by atoms with Gasteiger partial charge in [0.1, 0.15) is 17.2 Å². The van der Waals surface area contributed by atoms with E-state index in [-0.39, 0.29) is 21.2 Å². The van der Waals surface area contributed by atoms with Crippen molar-refractivity contribution in [3.05, 3.63) is 56.9 Å². The second kappa shape index (κ2) is 14.6. The summed E-state index contributed by atoms with van der Waals surface area (Å²) in [6.45, 7) is 10.4. The van der Waals surface area contributed by atoms with Gasteiger partial charge in [0.2, 0.25) is 0 Å². The van der Waals surface area contributed by atoms with Gasteiger partial charge in [-0.05, 0) is 44.5 Å². The van der Waals surface area contributed by atoms with Gasteiger partial charge in [-0.1, -0.05) is 36.0 Å². The minimum absolute atomic E-state index is 0.199. The van der Waals surface area contributed by atoms with E-state index in [2.05, 4.69) is 33.9 Å². The Morgan fingerprint density at radius 3 is 2.13 bits per heavy atom. The number of hydrogen-bond acceptors (Lipinski definition) is 8. The fourth-order valence-corrected chi connectivity index (χ4v) is 6.61. The molecule has 1 saturated heterocycles. The second-order valence-corrected chi connectivity index (χ2v) is 11.6. The Morgan fingerprint density at radius 2 is 1.55 bits per heavy atom. The van der Waals surface area contributed by atoms with E-state index in [9.17, 15) is 9.59 Å². The normalized spacial score (nSPS) is 13.2. The number of carbonyl (C=O) groups excluding carboxylic acids is 1. The third kappa shape index (κ3) is 6.57. The predicted octanol–water partition coefficient (Wildman–Crippen LogP) is 6.19. The van der Waals surface area contributed by atoms with Crippen molar-refractivity contribution in [3.8, 4) is 51.5 Å². The van der Waals surface area contributed by atoms with E-state index in [0.717, 1.165) is 38.4 Å². The lowest BCUT2D eigenvalue weighted by Gasteiger charge is -2.36. The van der Waals surface area contributed by atoms with Gasteiger partial charge >= 0.3 is 0 Å². The molecule has 10 nitrogen and oxygen atoms in total. The smallest absolute Gasteiger partial charge is 0.300 e. The highest BCUT2D eigenvalue weighted by molar-refractivity contribution is 6.41. The van der Waals surface area contributed by atoms with Crippen LogP contribution in [0, 0.1) is 11.8 Å². The molecule has 2 aromatic carbocycles. The number of fused-ring (bicyclic) bond motifs is 1. The van der Waals surface area contributed by atoms with E-state index in [1.165, 1.54) is 14.2 Å². The molecule has 1 fully saturated rings. The van der Waals surface area contributed by atoms with Gasteiger partial charge in [0.15, 0.2) is 0 Å². The van der Waals surface area contributed by atoms with Gasteiger partial charge in [-0.25, -0.2) is 0 Å². The van der Waals surface area contributed by atoms with Gasteiger partial charge in [0.05, 0.1) is 59.5 Å². The third-order valence-electron chi connectivity index (χ3n) is 8.38. The lowest BCUT2D eigenvalue weighted by atomic mass is 10.0. The number of anilines is 2. The number of aromatic nitrogens is 2. The average molecular weight is 679 g/mol. The highest BCUT2D eigenvalue weighted by Crippen LogP contribution is 2.46. The lowest BCUT2D eigenvalue weighted by molar-refractivity contribution is -0.111. The van der Waals surface area contributed by atoms with Crippen molar-refractivity contribution in [2.75, 3.05) is 64.3 Å². The van der Waals surface area contributed by atoms with Crippen LogP contribution in [0.5, 0.6) is 17.2 Å². The Morgan fingerprint density at radius 1 is 0.894 bits per heavy atom. The summed E-state index contributed by atoms with van der Waals surface area (Å²) in [5, 5.41) is 4.06. The minimum atomic E-state index is -0.414. The number of amides is 1. The molecule has 0 unspecified atom stereocenters. The maximum absolute atomic E-state index is 14.0. The number of likely N-dealkylation sites (N-methyl/N-ethyl adjacent to an activating group) is 1. The van der Waals surface area contributed by atoms with Gasteiger partial charge in [-0.3, -0.25) is 14.6 Å².